The molecular weight excluding hydrogens is 1200 g/mol. The highest BCUT2D eigenvalue weighted by molar-refractivity contribution is 6.28. The molecule has 18 nitrogen and oxygen atoms in total. The molecule has 0 aliphatic carbocycles. The lowest BCUT2D eigenvalue weighted by Gasteiger charge is -2.24. The van der Waals surface area contributed by atoms with Gasteiger partial charge in [0.2, 0.25) is 0 Å². The van der Waals surface area contributed by atoms with Crippen molar-refractivity contribution in [1.82, 2.24) is 15.1 Å². The lowest BCUT2D eigenvalue weighted by molar-refractivity contribution is 0.0635. The number of amides is 5. The van der Waals surface area contributed by atoms with E-state index in [9.17, 15) is 49.5 Å². The molecule has 18 heteroatoms. The number of phenolic OH excluding ortho intramolecular Hbond substituents is 7. The highest BCUT2D eigenvalue weighted by Gasteiger charge is 2.33. The fraction of sp³-hybridized carbons (Fsp3) is 0.195. The molecule has 0 fully saturated rings. The minimum atomic E-state index is -0.376. The molecule has 0 unspecified atom stereocenters. The third kappa shape index (κ3) is 16.3. The number of imide groups is 2. The van der Waals surface area contributed by atoms with E-state index in [1.165, 1.54) is 20.2 Å². The van der Waals surface area contributed by atoms with Crippen molar-refractivity contribution in [2.45, 2.75) is 90.0 Å². The van der Waals surface area contributed by atoms with E-state index in [1.54, 1.807) is 120 Å². The fourth-order valence-electron chi connectivity index (χ4n) is 10.1. The maximum atomic E-state index is 12.1. The van der Waals surface area contributed by atoms with Crippen LogP contribution in [0.2, 0.25) is 0 Å². The van der Waals surface area contributed by atoms with Crippen LogP contribution in [-0.4, -0.2) is 106 Å². The van der Waals surface area contributed by atoms with Gasteiger partial charge in [-0.05, 0) is 167 Å². The number of aryl methyl sites for hydroxylation is 7. The van der Waals surface area contributed by atoms with Gasteiger partial charge in [0.15, 0.2) is 0 Å². The average molecular weight is 1280 g/mol. The van der Waals surface area contributed by atoms with Crippen LogP contribution in [0.1, 0.15) is 149 Å². The molecule has 3 heterocycles. The van der Waals surface area contributed by atoms with Crippen molar-refractivity contribution in [1.29, 1.82) is 16.2 Å². The largest absolute Gasteiger partial charge is 0.508 e. The van der Waals surface area contributed by atoms with Crippen LogP contribution in [0.25, 0.3) is 32.3 Å². The first-order valence-electron chi connectivity index (χ1n) is 30.5. The Balaban J connectivity index is 0.000000203. The van der Waals surface area contributed by atoms with Crippen molar-refractivity contribution >= 4 is 79.1 Å². The van der Waals surface area contributed by atoms with Crippen molar-refractivity contribution < 1.29 is 59.7 Å². The van der Waals surface area contributed by atoms with Gasteiger partial charge in [-0.2, -0.15) is 0 Å². The number of aromatic hydroxyl groups is 7. The lowest BCUT2D eigenvalue weighted by Crippen LogP contribution is -2.36. The molecule has 0 aromatic heterocycles. The first-order valence-corrected chi connectivity index (χ1v) is 30.5. The molecule has 11 N–H and O–H groups in total. The van der Waals surface area contributed by atoms with E-state index in [1.807, 2.05) is 122 Å². The number of rotatable bonds is 2. The van der Waals surface area contributed by atoms with Crippen LogP contribution in [0.15, 0.2) is 158 Å². The zero-order valence-electron chi connectivity index (χ0n) is 56.1. The summed E-state index contributed by atoms with van der Waals surface area (Å²) in [5.74, 6) is 0.00750. The van der Waals surface area contributed by atoms with Gasteiger partial charge in [0.05, 0.1) is 5.56 Å². The topological polar surface area (TPSA) is 317 Å². The number of hydrogen-bond acceptors (Lipinski definition) is 15. The zero-order chi connectivity index (χ0) is 71.0. The quantitative estimate of drug-likeness (QED) is 0.0569. The molecule has 3 aliphatic rings. The van der Waals surface area contributed by atoms with Crippen LogP contribution in [0.4, 0.5) is 0 Å². The maximum Gasteiger partial charge on any atom is 0.261 e. The van der Waals surface area contributed by atoms with Gasteiger partial charge in [-0.25, -0.2) is 0 Å². The predicted molar refractivity (Wildman–Crippen MR) is 377 cm³/mol. The van der Waals surface area contributed by atoms with Gasteiger partial charge in [-0.1, -0.05) is 125 Å². The Hall–Kier alpha value is -11.7. The van der Waals surface area contributed by atoms with E-state index < -0.39 is 0 Å². The van der Waals surface area contributed by atoms with E-state index in [0.717, 1.165) is 37.4 Å². The molecule has 0 radical (unpaired) electrons. The lowest BCUT2D eigenvalue weighted by atomic mass is 9.91. The van der Waals surface area contributed by atoms with Gasteiger partial charge >= 0.3 is 0 Å². The van der Waals surface area contributed by atoms with Gasteiger partial charge in [-0.15, -0.1) is 0 Å². The molecule has 0 atom stereocenters. The van der Waals surface area contributed by atoms with Crippen LogP contribution >= 0.6 is 0 Å². The van der Waals surface area contributed by atoms with Crippen LogP contribution in [-0.2, 0) is 0 Å². The Bertz CT molecular complexity index is 4360. The summed E-state index contributed by atoms with van der Waals surface area (Å²) in [7, 11) is 2.91. The number of carbonyl (C=O) groups is 5. The summed E-state index contributed by atoms with van der Waals surface area (Å²) in [6.45, 7) is 24.0. The second-order valence-electron chi connectivity index (χ2n) is 21.9. The predicted octanol–water partition coefficient (Wildman–Crippen LogP) is 15.7. The third-order valence-corrected chi connectivity index (χ3v) is 15.5. The Labute approximate surface area is 553 Å². The van der Waals surface area contributed by atoms with Crippen molar-refractivity contribution in [2.75, 3.05) is 14.1 Å². The molecule has 0 saturated heterocycles. The van der Waals surface area contributed by atoms with Gasteiger partial charge in [0.1, 0.15) is 46.1 Å². The third-order valence-electron chi connectivity index (χ3n) is 15.5. The van der Waals surface area contributed by atoms with Crippen molar-refractivity contribution in [3.8, 4) is 40.2 Å². The summed E-state index contributed by atoms with van der Waals surface area (Å²) in [6.07, 6.45) is 0. The normalized spacial score (nSPS) is 11.9. The summed E-state index contributed by atoms with van der Waals surface area (Å²) in [5, 5.41) is 95.3. The first kappa shape index (κ1) is 74.1. The van der Waals surface area contributed by atoms with Crippen molar-refractivity contribution in [3.05, 3.63) is 241 Å². The Morgan fingerprint density at radius 2 is 0.684 bits per heavy atom. The molecular formula is C77H82N6O12. The second kappa shape index (κ2) is 32.6. The second-order valence-corrected chi connectivity index (χ2v) is 21.9. The number of benzene rings is 10. The molecule has 13 rings (SSSR count). The number of phenols is 7. The smallest absolute Gasteiger partial charge is 0.261 e. The highest BCUT2D eigenvalue weighted by Crippen LogP contribution is 2.39. The number of hydrogen-bond donors (Lipinski definition) is 11. The number of para-hydroxylation sites is 4. The molecule has 3 aliphatic heterocycles. The molecule has 10 aromatic rings. The molecule has 492 valence electrons. The van der Waals surface area contributed by atoms with E-state index in [2.05, 4.69) is 5.32 Å². The van der Waals surface area contributed by atoms with Crippen LogP contribution in [0, 0.1) is 64.7 Å². The summed E-state index contributed by atoms with van der Waals surface area (Å²) in [6, 6.07) is 45.7. The van der Waals surface area contributed by atoms with E-state index in [4.69, 9.17) is 26.4 Å². The van der Waals surface area contributed by atoms with Crippen LogP contribution < -0.4 is 5.32 Å². The fourth-order valence-corrected chi connectivity index (χ4v) is 10.1. The Kier molecular flexibility index (Phi) is 25.4. The zero-order valence-corrected chi connectivity index (χ0v) is 56.1. The van der Waals surface area contributed by atoms with Crippen molar-refractivity contribution in [3.63, 3.8) is 0 Å². The standard InChI is InChI=1S/2C14H11NO3.C13H10N2O2.2C9H11NO.2C7H8O.2C2H6/c1-7-8-4-3-5-9-12(8)10(6-11(7)16)14(18)15(2)13(9)17;1-7-6-10-11-8(12(7)16)4-3-5-9(11)13(17)15(2)14(10)18;1-6-5-9-10-7(11(6)16)3-2-4-8(10)13(17)15-12(9)14;2*1-6-4-3-5-8(7(2)10)9(6)11;2*1-6-4-2-3-5-7(6)8;2*1-2/h2*3-6,16H,1-2H3;2-5,16H,1H3,(H2,14,15,17);2*3-5,10-11H,1-2H3;2*2-5,8H,1H3;2*1-2H3. The van der Waals surface area contributed by atoms with Gasteiger partial charge in [0, 0.05) is 91.4 Å². The van der Waals surface area contributed by atoms with E-state index in [-0.39, 0.29) is 64.1 Å². The average Bonchev–Trinajstić information content (AvgIpc) is 0.758. The Morgan fingerprint density at radius 3 is 1.06 bits per heavy atom. The monoisotopic (exact) mass is 1280 g/mol. The number of nitrogens with one attached hydrogen (secondary N) is 4. The van der Waals surface area contributed by atoms with Gasteiger partial charge < -0.3 is 51.9 Å². The summed E-state index contributed by atoms with van der Waals surface area (Å²) < 4.78 is 0. The summed E-state index contributed by atoms with van der Waals surface area (Å²) in [4.78, 5) is 62.2. The van der Waals surface area contributed by atoms with Crippen LogP contribution in [0.3, 0.4) is 0 Å². The number of amidine groups is 1. The molecule has 0 spiro atoms. The highest BCUT2D eigenvalue weighted by atomic mass is 16.3. The molecule has 0 saturated carbocycles. The van der Waals surface area contributed by atoms with Crippen LogP contribution in [0.5, 0.6) is 40.2 Å². The van der Waals surface area contributed by atoms with E-state index >= 15 is 0 Å². The van der Waals surface area contributed by atoms with Crippen molar-refractivity contribution in [2.24, 2.45) is 0 Å². The van der Waals surface area contributed by atoms with Gasteiger partial charge in [-0.3, -0.25) is 39.2 Å². The summed E-state index contributed by atoms with van der Waals surface area (Å²) >= 11 is 0. The Morgan fingerprint density at radius 1 is 0.358 bits per heavy atom. The summed E-state index contributed by atoms with van der Waals surface area (Å²) in [5.41, 5.74) is 10.5. The number of nitrogens with zero attached hydrogens (tertiary/aromatic N) is 2. The van der Waals surface area contributed by atoms with E-state index in [0.29, 0.717) is 111 Å². The SMILES string of the molecule is CC.CC.CC(=N)c1cccc(C)c1O.CC(=N)c1cccc(C)c1O.Cc1c(O)cc2c3c(cccc13)C(=O)N(C)C2=O.Cc1cc2c3c(cccc3c1O)C(=O)N(C)C2=O.Cc1cc2c3c(cccc3c1O)C(=O)NC2=N.Cc1ccccc1O.Cc1ccccc1O. The molecule has 5 amide bonds. The first-order chi connectivity index (χ1) is 45.0. The molecule has 10 aromatic carbocycles. The minimum Gasteiger partial charge on any atom is -0.508 e. The van der Waals surface area contributed by atoms with Gasteiger partial charge in [0.25, 0.3) is 29.5 Å². The molecule has 95 heavy (non-hydrogen) atoms. The maximum absolute atomic E-state index is 12.1. The number of carbonyl (C=O) groups excluding carboxylic acids is 5. The minimum absolute atomic E-state index is 0.0748. The molecule has 0 bridgehead atoms.